The quantitative estimate of drug-likeness (QED) is 0.166. The van der Waals surface area contributed by atoms with Crippen LogP contribution in [0.25, 0.3) is 0 Å². The van der Waals surface area contributed by atoms with Crippen LogP contribution in [0.5, 0.6) is 0 Å². The third kappa shape index (κ3) is 5.98. The first-order valence-corrected chi connectivity index (χ1v) is 22.9. The average Bonchev–Trinajstić information content (AvgIpc) is 3.95. The van der Waals surface area contributed by atoms with Crippen molar-refractivity contribution >= 4 is 5.97 Å². The van der Waals surface area contributed by atoms with Crippen LogP contribution < -0.4 is 0 Å². The maximum absolute atomic E-state index is 11.3. The van der Waals surface area contributed by atoms with Crippen LogP contribution in [0, 0.1) is 69.0 Å². The third-order valence-electron chi connectivity index (χ3n) is 19.9. The molecule has 0 aromatic carbocycles. The van der Waals surface area contributed by atoms with Crippen LogP contribution in [0.15, 0.2) is 12.4 Å². The second-order valence-corrected chi connectivity index (χ2v) is 22.9. The smallest absolute Gasteiger partial charge is 0.300 e. The van der Waals surface area contributed by atoms with Crippen LogP contribution in [0.4, 0.5) is 0 Å². The van der Waals surface area contributed by atoms with E-state index in [0.29, 0.717) is 29.6 Å². The summed E-state index contributed by atoms with van der Waals surface area (Å²) in [6.45, 7) is 18.7. The van der Waals surface area contributed by atoms with Crippen molar-refractivity contribution in [1.29, 1.82) is 0 Å². The zero-order chi connectivity index (χ0) is 42.5. The minimum atomic E-state index is -0.833. The predicted octanol–water partition coefficient (Wildman–Crippen LogP) is 6.01. The van der Waals surface area contributed by atoms with Gasteiger partial charge < -0.3 is 35.0 Å². The van der Waals surface area contributed by atoms with Crippen molar-refractivity contribution < 1.29 is 39.8 Å². The number of carboxylic acids is 1. The standard InChI is InChI=1S/C24H36N2O3.C21H32N2O3.C2H4O2/c1-21(2)28-19-16-10-17-13(12-25-26-17)11-22(16,3)14-6-8-23(4)15(7-9-24(23,5)27)18(14)20(19)29-21;1-19-9-11-10-22-23-15(11)8-14(19)17(24)18(25)16-12(19)4-6-20(2)13(16)5-7-21(20,3)26;1-2(3)4/h12,14-16,18-20,27H,6-11H2,1-5H3,(H,25,26);10,12-14,16-18,24-26H,4-9H2,1-3H3,(H,22,23);1H3,(H,3,4)/t14-,15-,16+,18+,19+,20+,22+,23-,24-;12-,13-,14+,16+,17+,18+,19+,20-,21-;/m00./s1. The first-order chi connectivity index (χ1) is 27.5. The molecule has 7 fully saturated rings. The third-order valence-corrected chi connectivity index (χ3v) is 19.9. The highest BCUT2D eigenvalue weighted by Gasteiger charge is 2.71. The highest BCUT2D eigenvalue weighted by molar-refractivity contribution is 5.63. The summed E-state index contributed by atoms with van der Waals surface area (Å²) in [5.74, 6) is 1.48. The van der Waals surface area contributed by atoms with Gasteiger partial charge in [-0.3, -0.25) is 15.0 Å². The molecule has 12 nitrogen and oxygen atoms in total. The van der Waals surface area contributed by atoms with Gasteiger partial charge in [0.25, 0.3) is 5.97 Å². The Morgan fingerprint density at radius 3 is 1.58 bits per heavy atom. The lowest BCUT2D eigenvalue weighted by Gasteiger charge is -2.63. The molecule has 9 aliphatic rings. The Morgan fingerprint density at radius 2 is 1.05 bits per heavy atom. The molecule has 8 aliphatic carbocycles. The van der Waals surface area contributed by atoms with E-state index in [9.17, 15) is 20.4 Å². The number of aliphatic carboxylic acids is 1. The Kier molecular flexibility index (Phi) is 9.66. The largest absolute Gasteiger partial charge is 0.481 e. The number of nitrogens with zero attached hydrogens (tertiary/aromatic N) is 2. The van der Waals surface area contributed by atoms with Crippen LogP contribution in [-0.2, 0) is 40.0 Å². The fraction of sp³-hybridized carbons (Fsp3) is 0.851. The van der Waals surface area contributed by atoms with E-state index >= 15 is 0 Å². The van der Waals surface area contributed by atoms with Crippen LogP contribution >= 0.6 is 0 Å². The summed E-state index contributed by atoms with van der Waals surface area (Å²) >= 11 is 0. The number of carbonyl (C=O) groups is 1. The summed E-state index contributed by atoms with van der Waals surface area (Å²) in [4.78, 5) is 9.00. The number of aromatic nitrogens is 4. The first-order valence-electron chi connectivity index (χ1n) is 22.9. The van der Waals surface area contributed by atoms with Gasteiger partial charge in [0, 0.05) is 18.3 Å². The highest BCUT2D eigenvalue weighted by atomic mass is 16.8. The number of aliphatic hydroxyl groups is 4. The fourth-order valence-corrected chi connectivity index (χ4v) is 16.4. The topological polar surface area (TPSA) is 194 Å². The molecular weight excluding hydrogens is 749 g/mol. The van der Waals surface area contributed by atoms with Gasteiger partial charge in [0.15, 0.2) is 5.79 Å². The minimum Gasteiger partial charge on any atom is -0.481 e. The second-order valence-electron chi connectivity index (χ2n) is 22.9. The lowest BCUT2D eigenvalue weighted by Crippen LogP contribution is -2.65. The van der Waals surface area contributed by atoms with E-state index in [4.69, 9.17) is 19.4 Å². The zero-order valence-corrected chi connectivity index (χ0v) is 36.9. The van der Waals surface area contributed by atoms with Gasteiger partial charge in [-0.05, 0) is 185 Å². The maximum atomic E-state index is 11.3. The molecule has 12 heteroatoms. The number of ether oxygens (including phenoxy) is 2. The van der Waals surface area contributed by atoms with Crippen molar-refractivity contribution in [2.45, 2.75) is 181 Å². The first kappa shape index (κ1) is 42.0. The van der Waals surface area contributed by atoms with Crippen molar-refractivity contribution in [2.75, 3.05) is 0 Å². The molecule has 0 unspecified atom stereocenters. The molecule has 0 amide bonds. The molecule has 0 radical (unpaired) electrons. The molecule has 11 rings (SSSR count). The number of carboxylic acid groups (broad SMARTS) is 1. The number of fused-ring (bicyclic) bond motifs is 15. The average molecular weight is 821 g/mol. The number of nitrogens with one attached hydrogen (secondary N) is 2. The fourth-order valence-electron chi connectivity index (χ4n) is 16.4. The zero-order valence-electron chi connectivity index (χ0n) is 36.9. The Morgan fingerprint density at radius 1 is 0.627 bits per heavy atom. The van der Waals surface area contributed by atoms with Crippen LogP contribution in [-0.4, -0.2) is 93.3 Å². The Balaban J connectivity index is 0.000000140. The van der Waals surface area contributed by atoms with Crippen molar-refractivity contribution in [1.82, 2.24) is 20.4 Å². The minimum absolute atomic E-state index is 0.0179. The Hall–Kier alpha value is -2.35. The normalized spacial score (nSPS) is 51.9. The van der Waals surface area contributed by atoms with E-state index in [2.05, 4.69) is 68.9 Å². The maximum Gasteiger partial charge on any atom is 0.300 e. The second kappa shape index (κ2) is 13.6. The van der Waals surface area contributed by atoms with E-state index in [1.165, 1.54) is 23.2 Å². The van der Waals surface area contributed by atoms with Gasteiger partial charge in [-0.25, -0.2) is 0 Å². The summed E-state index contributed by atoms with van der Waals surface area (Å²) in [6, 6.07) is 0. The summed E-state index contributed by atoms with van der Waals surface area (Å²) in [5.41, 5.74) is 3.84. The van der Waals surface area contributed by atoms with Gasteiger partial charge in [0.1, 0.15) is 0 Å². The van der Waals surface area contributed by atoms with Crippen LogP contribution in [0.3, 0.4) is 0 Å². The van der Waals surface area contributed by atoms with Crippen LogP contribution in [0.2, 0.25) is 0 Å². The number of rotatable bonds is 0. The van der Waals surface area contributed by atoms with Gasteiger partial charge in [0.2, 0.25) is 0 Å². The van der Waals surface area contributed by atoms with E-state index < -0.39 is 35.2 Å². The SMILES string of the molecule is CC(=O)O.CC1(C)O[C@H]2[C@H](O1)[C@H]1Cc3[nH]ncc3C[C@]1(C)[C@H]1CC[C@@]3(C)[C@@H](CC[C@]3(C)O)[C@H]21.C[C@]12Cc3cn[nH]c3C[C@@H]1[C@@H](O)[C@H](O)[C@@H]1[C@@H]2CC[C@@]2(C)[C@H]1CC[C@]2(C)O. The van der Waals surface area contributed by atoms with Gasteiger partial charge in [-0.1, -0.05) is 27.7 Å². The molecule has 1 aliphatic heterocycles. The van der Waals surface area contributed by atoms with E-state index in [-0.39, 0.29) is 51.6 Å². The van der Waals surface area contributed by atoms with Crippen molar-refractivity contribution in [2.24, 2.45) is 69.0 Å². The lowest BCUT2D eigenvalue weighted by atomic mass is 9.43. The molecule has 59 heavy (non-hydrogen) atoms. The Labute approximate surface area is 350 Å². The highest BCUT2D eigenvalue weighted by Crippen LogP contribution is 2.70. The molecule has 7 N–H and O–H groups in total. The molecule has 2 aromatic rings. The summed E-state index contributed by atoms with van der Waals surface area (Å²) < 4.78 is 13.3. The molecule has 18 atom stereocenters. The van der Waals surface area contributed by atoms with Crippen molar-refractivity contribution in [3.05, 3.63) is 34.9 Å². The summed E-state index contributed by atoms with van der Waals surface area (Å²) in [6.07, 6.45) is 14.7. The molecule has 1 saturated heterocycles. The summed E-state index contributed by atoms with van der Waals surface area (Å²) in [7, 11) is 0. The van der Waals surface area contributed by atoms with Gasteiger partial charge in [-0.15, -0.1) is 0 Å². The number of aromatic amines is 2. The molecule has 328 valence electrons. The molecular formula is C47H72N4O8. The van der Waals surface area contributed by atoms with Crippen molar-refractivity contribution in [3.8, 4) is 0 Å². The predicted molar refractivity (Wildman–Crippen MR) is 220 cm³/mol. The molecule has 0 spiro atoms. The summed E-state index contributed by atoms with van der Waals surface area (Å²) in [5, 5.41) is 67.0. The van der Waals surface area contributed by atoms with Crippen molar-refractivity contribution in [3.63, 3.8) is 0 Å². The number of hydrogen-bond donors (Lipinski definition) is 7. The number of aliphatic hydroxyl groups excluding tert-OH is 2. The van der Waals surface area contributed by atoms with Crippen LogP contribution in [0.1, 0.15) is 136 Å². The Bertz CT molecular complexity index is 1940. The lowest BCUT2D eigenvalue weighted by molar-refractivity contribution is -0.217. The van der Waals surface area contributed by atoms with E-state index in [1.807, 2.05) is 19.3 Å². The molecule has 3 heterocycles. The van der Waals surface area contributed by atoms with Gasteiger partial charge in [-0.2, -0.15) is 10.2 Å². The van der Waals surface area contributed by atoms with Gasteiger partial charge in [0.05, 0.1) is 48.0 Å². The molecule has 0 bridgehead atoms. The number of H-pyrrole nitrogens is 2. The monoisotopic (exact) mass is 821 g/mol. The number of hydrogen-bond acceptors (Lipinski definition) is 9. The van der Waals surface area contributed by atoms with E-state index in [0.717, 1.165) is 83.2 Å². The molecule has 6 saturated carbocycles. The van der Waals surface area contributed by atoms with Gasteiger partial charge >= 0.3 is 0 Å². The molecule has 2 aromatic heterocycles. The van der Waals surface area contributed by atoms with E-state index in [1.54, 1.807) is 0 Å².